The van der Waals surface area contributed by atoms with E-state index in [0.29, 0.717) is 16.1 Å². The summed E-state index contributed by atoms with van der Waals surface area (Å²) in [5.41, 5.74) is 7.41. The number of carbonyl (C=O) groups is 1. The molecule has 3 aromatic rings. The molecule has 21 heavy (non-hydrogen) atoms. The van der Waals surface area contributed by atoms with Gasteiger partial charge in [0.15, 0.2) is 0 Å². The van der Waals surface area contributed by atoms with Crippen molar-refractivity contribution in [3.63, 3.8) is 0 Å². The van der Waals surface area contributed by atoms with E-state index in [1.54, 1.807) is 47.9 Å². The minimum absolute atomic E-state index is 0.261. The highest BCUT2D eigenvalue weighted by Crippen LogP contribution is 2.31. The summed E-state index contributed by atoms with van der Waals surface area (Å²) in [6, 6.07) is 11.5. The summed E-state index contributed by atoms with van der Waals surface area (Å²) in [6.07, 6.45) is 0. The molecular weight excluding hydrogens is 291 g/mol. The van der Waals surface area contributed by atoms with Crippen LogP contribution in [0, 0.1) is 12.7 Å². The van der Waals surface area contributed by atoms with E-state index in [9.17, 15) is 9.18 Å². The molecule has 1 aromatic heterocycles. The van der Waals surface area contributed by atoms with Gasteiger partial charge in [0.1, 0.15) is 11.5 Å². The molecule has 2 N–H and O–H groups in total. The second-order valence-electron chi connectivity index (χ2n) is 4.79. The molecule has 0 saturated carbocycles. The van der Waals surface area contributed by atoms with Crippen LogP contribution in [0.25, 0.3) is 16.6 Å². The Morgan fingerprint density at radius 2 is 1.95 bits per heavy atom. The van der Waals surface area contributed by atoms with Gasteiger partial charge in [-0.3, -0.25) is 4.79 Å². The molecule has 5 heteroatoms. The lowest BCUT2D eigenvalue weighted by Crippen LogP contribution is -2.17. The predicted molar refractivity (Wildman–Crippen MR) is 81.5 cm³/mol. The van der Waals surface area contributed by atoms with Crippen LogP contribution < -0.4 is 5.73 Å². The van der Waals surface area contributed by atoms with Crippen molar-refractivity contribution in [3.05, 3.63) is 64.6 Å². The standard InChI is InChI=1S/C16H12ClFN2O/c1-9-11-8-10(17)6-7-13(11)20(15(9)16(19)21)14-5-3-2-4-12(14)18/h2-8H,1H3,(H2,19,21). The Kier molecular flexibility index (Phi) is 3.18. The number of aromatic nitrogens is 1. The number of amides is 1. The number of benzene rings is 2. The first-order chi connectivity index (χ1) is 10.0. The second-order valence-corrected chi connectivity index (χ2v) is 5.22. The van der Waals surface area contributed by atoms with Crippen LogP contribution in [0.2, 0.25) is 5.02 Å². The number of hydrogen-bond acceptors (Lipinski definition) is 1. The molecule has 1 heterocycles. The van der Waals surface area contributed by atoms with Crippen LogP contribution in [0.5, 0.6) is 0 Å². The highest BCUT2D eigenvalue weighted by molar-refractivity contribution is 6.31. The lowest BCUT2D eigenvalue weighted by molar-refractivity contribution is 0.0993. The zero-order chi connectivity index (χ0) is 15.1. The summed E-state index contributed by atoms with van der Waals surface area (Å²) in [6.45, 7) is 1.77. The van der Waals surface area contributed by atoms with Crippen molar-refractivity contribution < 1.29 is 9.18 Å². The number of hydrogen-bond donors (Lipinski definition) is 1. The van der Waals surface area contributed by atoms with Gasteiger partial charge in [-0.1, -0.05) is 23.7 Å². The third kappa shape index (κ3) is 2.08. The Morgan fingerprint density at radius 1 is 1.24 bits per heavy atom. The maximum atomic E-state index is 14.1. The van der Waals surface area contributed by atoms with Crippen LogP contribution in [0.3, 0.4) is 0 Å². The van der Waals surface area contributed by atoms with E-state index in [0.717, 1.165) is 5.39 Å². The quantitative estimate of drug-likeness (QED) is 0.768. The van der Waals surface area contributed by atoms with Gasteiger partial charge in [-0.05, 0) is 42.8 Å². The van der Waals surface area contributed by atoms with Crippen molar-refractivity contribution in [3.8, 4) is 5.69 Å². The molecule has 0 spiro atoms. The van der Waals surface area contributed by atoms with Crippen molar-refractivity contribution in [2.24, 2.45) is 5.73 Å². The SMILES string of the molecule is Cc1c(C(N)=O)n(-c2ccccc2F)c2ccc(Cl)cc12. The van der Waals surface area contributed by atoms with Gasteiger partial charge in [0, 0.05) is 10.4 Å². The molecule has 0 fully saturated rings. The Hall–Kier alpha value is -2.33. The fourth-order valence-corrected chi connectivity index (χ4v) is 2.77. The van der Waals surface area contributed by atoms with Gasteiger partial charge in [-0.15, -0.1) is 0 Å². The van der Waals surface area contributed by atoms with E-state index in [-0.39, 0.29) is 11.4 Å². The van der Waals surface area contributed by atoms with Gasteiger partial charge in [-0.2, -0.15) is 0 Å². The van der Waals surface area contributed by atoms with Gasteiger partial charge < -0.3 is 10.3 Å². The van der Waals surface area contributed by atoms with Crippen LogP contribution in [0.4, 0.5) is 4.39 Å². The fourth-order valence-electron chi connectivity index (χ4n) is 2.60. The van der Waals surface area contributed by atoms with Gasteiger partial charge >= 0.3 is 0 Å². The lowest BCUT2D eigenvalue weighted by atomic mass is 10.1. The Bertz CT molecular complexity index is 870. The molecule has 0 radical (unpaired) electrons. The normalized spacial score (nSPS) is 11.0. The van der Waals surface area contributed by atoms with E-state index >= 15 is 0 Å². The average molecular weight is 303 g/mol. The Balaban J connectivity index is 2.49. The van der Waals surface area contributed by atoms with Crippen LogP contribution in [0.15, 0.2) is 42.5 Å². The van der Waals surface area contributed by atoms with Crippen molar-refractivity contribution in [1.82, 2.24) is 4.57 Å². The number of nitrogens with two attached hydrogens (primary N) is 1. The highest BCUT2D eigenvalue weighted by atomic mass is 35.5. The number of rotatable bonds is 2. The van der Waals surface area contributed by atoms with Crippen molar-refractivity contribution in [1.29, 1.82) is 0 Å². The smallest absolute Gasteiger partial charge is 0.266 e. The molecule has 0 aliphatic carbocycles. The van der Waals surface area contributed by atoms with E-state index in [4.69, 9.17) is 17.3 Å². The summed E-state index contributed by atoms with van der Waals surface area (Å²) in [5.74, 6) is -1.03. The summed E-state index contributed by atoms with van der Waals surface area (Å²) >= 11 is 6.01. The fraction of sp³-hybridized carbons (Fsp3) is 0.0625. The Morgan fingerprint density at radius 3 is 2.62 bits per heavy atom. The zero-order valence-corrected chi connectivity index (χ0v) is 12.0. The van der Waals surface area contributed by atoms with Crippen LogP contribution in [-0.4, -0.2) is 10.5 Å². The first-order valence-electron chi connectivity index (χ1n) is 6.36. The topological polar surface area (TPSA) is 48.0 Å². The first-order valence-corrected chi connectivity index (χ1v) is 6.73. The molecule has 2 aromatic carbocycles. The summed E-state index contributed by atoms with van der Waals surface area (Å²) in [7, 11) is 0. The molecule has 1 amide bonds. The number of carbonyl (C=O) groups excluding carboxylic acids is 1. The maximum absolute atomic E-state index is 14.1. The number of nitrogens with zero attached hydrogens (tertiary/aromatic N) is 1. The molecule has 0 atom stereocenters. The molecule has 0 saturated heterocycles. The van der Waals surface area contributed by atoms with Gasteiger partial charge in [0.25, 0.3) is 5.91 Å². The van der Waals surface area contributed by atoms with Crippen LogP contribution in [0.1, 0.15) is 16.1 Å². The Labute approximate surface area is 125 Å². The van der Waals surface area contributed by atoms with Crippen molar-refractivity contribution >= 4 is 28.4 Å². The molecular formula is C16H12ClFN2O. The first kappa shape index (κ1) is 13.6. The predicted octanol–water partition coefficient (Wildman–Crippen LogP) is 3.83. The minimum atomic E-state index is -0.608. The summed E-state index contributed by atoms with van der Waals surface area (Å²) < 4.78 is 15.7. The van der Waals surface area contributed by atoms with E-state index in [1.165, 1.54) is 6.07 Å². The zero-order valence-electron chi connectivity index (χ0n) is 11.2. The molecule has 3 nitrogen and oxygen atoms in total. The van der Waals surface area contributed by atoms with Crippen LogP contribution in [-0.2, 0) is 0 Å². The number of para-hydroxylation sites is 1. The van der Waals surface area contributed by atoms with E-state index in [1.807, 2.05) is 0 Å². The van der Waals surface area contributed by atoms with Gasteiger partial charge in [0.2, 0.25) is 0 Å². The lowest BCUT2D eigenvalue weighted by Gasteiger charge is -2.10. The average Bonchev–Trinajstić information content (AvgIpc) is 2.72. The summed E-state index contributed by atoms with van der Waals surface area (Å²) in [5, 5.41) is 1.33. The monoisotopic (exact) mass is 302 g/mol. The van der Waals surface area contributed by atoms with Crippen LogP contribution >= 0.6 is 11.6 Å². The molecule has 106 valence electrons. The molecule has 0 unspecified atom stereocenters. The molecule has 0 aliphatic heterocycles. The molecule has 0 aliphatic rings. The van der Waals surface area contributed by atoms with Gasteiger partial charge in [0.05, 0.1) is 11.2 Å². The van der Waals surface area contributed by atoms with E-state index < -0.39 is 11.7 Å². The number of fused-ring (bicyclic) bond motifs is 1. The molecule has 3 rings (SSSR count). The number of halogens is 2. The third-order valence-electron chi connectivity index (χ3n) is 3.51. The number of primary amides is 1. The highest BCUT2D eigenvalue weighted by Gasteiger charge is 2.21. The maximum Gasteiger partial charge on any atom is 0.266 e. The van der Waals surface area contributed by atoms with Crippen molar-refractivity contribution in [2.45, 2.75) is 6.92 Å². The minimum Gasteiger partial charge on any atom is -0.364 e. The second kappa shape index (κ2) is 4.90. The number of aryl methyl sites for hydroxylation is 1. The third-order valence-corrected chi connectivity index (χ3v) is 3.74. The van der Waals surface area contributed by atoms with Gasteiger partial charge in [-0.25, -0.2) is 4.39 Å². The van der Waals surface area contributed by atoms with Crippen molar-refractivity contribution in [2.75, 3.05) is 0 Å². The summed E-state index contributed by atoms with van der Waals surface area (Å²) in [4.78, 5) is 11.8. The van der Waals surface area contributed by atoms with E-state index in [2.05, 4.69) is 0 Å². The largest absolute Gasteiger partial charge is 0.364 e. The molecule has 0 bridgehead atoms.